The van der Waals surface area contributed by atoms with Crippen molar-refractivity contribution in [3.8, 4) is 0 Å². The van der Waals surface area contributed by atoms with E-state index in [1.165, 1.54) is 11.8 Å². The fourth-order valence-corrected chi connectivity index (χ4v) is 2.27. The smallest absolute Gasteiger partial charge is 0.231 e. The number of amides is 1. The van der Waals surface area contributed by atoms with Crippen LogP contribution in [0.15, 0.2) is 6.07 Å². The first-order chi connectivity index (χ1) is 6.65. The number of aromatic nitrogens is 2. The molecule has 1 aliphatic rings. The van der Waals surface area contributed by atoms with E-state index < -0.39 is 0 Å². The molecule has 1 fully saturated rings. The lowest BCUT2D eigenvalue weighted by atomic mass is 10.3. The Hall–Kier alpha value is -1.10. The second kappa shape index (κ2) is 3.57. The van der Waals surface area contributed by atoms with Gasteiger partial charge in [-0.15, -0.1) is 11.8 Å². The highest BCUT2D eigenvalue weighted by Gasteiger charge is 2.25. The molecule has 1 amide bonds. The molecule has 14 heavy (non-hydrogen) atoms. The van der Waals surface area contributed by atoms with Crippen LogP contribution in [0.5, 0.6) is 0 Å². The Balaban J connectivity index is 2.27. The zero-order valence-corrected chi connectivity index (χ0v) is 8.89. The fourth-order valence-electron chi connectivity index (χ4n) is 1.40. The van der Waals surface area contributed by atoms with E-state index in [9.17, 15) is 4.79 Å². The summed E-state index contributed by atoms with van der Waals surface area (Å²) in [5, 5.41) is 2.76. The summed E-state index contributed by atoms with van der Waals surface area (Å²) in [7, 11) is 0. The number of hydrogen-bond acceptors (Lipinski definition) is 4. The average Bonchev–Trinajstić information content (AvgIpc) is 2.50. The van der Waals surface area contributed by atoms with Crippen LogP contribution in [-0.4, -0.2) is 21.6 Å². The van der Waals surface area contributed by atoms with Gasteiger partial charge in [0, 0.05) is 11.4 Å². The van der Waals surface area contributed by atoms with Crippen LogP contribution in [0.3, 0.4) is 0 Å². The lowest BCUT2D eigenvalue weighted by molar-refractivity contribution is -0.118. The second-order valence-electron chi connectivity index (χ2n) is 3.27. The molecular weight excluding hydrogens is 198 g/mol. The molecule has 5 heteroatoms. The molecule has 2 heterocycles. The number of rotatable bonds is 1. The van der Waals surface area contributed by atoms with Gasteiger partial charge in [-0.1, -0.05) is 0 Å². The van der Waals surface area contributed by atoms with Crippen LogP contribution in [0.1, 0.15) is 22.6 Å². The van der Waals surface area contributed by atoms with Gasteiger partial charge in [0.15, 0.2) is 5.82 Å². The predicted octanol–water partition coefficient (Wildman–Crippen LogP) is 0.955. The van der Waals surface area contributed by atoms with E-state index in [-0.39, 0.29) is 11.3 Å². The number of nitrogens with one attached hydrogen (secondary N) is 1. The predicted molar refractivity (Wildman–Crippen MR) is 54.8 cm³/mol. The third-order valence-corrected chi connectivity index (χ3v) is 3.00. The Labute approximate surface area is 86.5 Å². The largest absolute Gasteiger partial charge is 0.337 e. The fraction of sp³-hybridized carbons (Fsp3) is 0.444. The van der Waals surface area contributed by atoms with Crippen molar-refractivity contribution in [2.75, 3.05) is 5.75 Å². The average molecular weight is 209 g/mol. The molecule has 0 bridgehead atoms. The van der Waals surface area contributed by atoms with E-state index in [0.717, 1.165) is 11.4 Å². The van der Waals surface area contributed by atoms with Gasteiger partial charge in [-0.3, -0.25) is 4.79 Å². The van der Waals surface area contributed by atoms with Crippen LogP contribution >= 0.6 is 11.8 Å². The minimum Gasteiger partial charge on any atom is -0.337 e. The first-order valence-electron chi connectivity index (χ1n) is 4.38. The minimum absolute atomic E-state index is 0.0581. The SMILES string of the molecule is Cc1cc(C)nc(C2NC(=O)CS2)n1. The van der Waals surface area contributed by atoms with E-state index >= 15 is 0 Å². The summed E-state index contributed by atoms with van der Waals surface area (Å²) in [6, 6.07) is 1.92. The summed E-state index contributed by atoms with van der Waals surface area (Å²) in [6.45, 7) is 3.86. The Bertz CT molecular complexity index is 360. The summed E-state index contributed by atoms with van der Waals surface area (Å²) >= 11 is 1.54. The van der Waals surface area contributed by atoms with Crippen molar-refractivity contribution in [2.45, 2.75) is 19.2 Å². The molecule has 1 aromatic heterocycles. The molecule has 1 aliphatic heterocycles. The molecule has 2 rings (SSSR count). The molecule has 0 aliphatic carbocycles. The molecule has 1 atom stereocenters. The van der Waals surface area contributed by atoms with Gasteiger partial charge < -0.3 is 5.32 Å². The molecule has 0 saturated carbocycles. The lowest BCUT2D eigenvalue weighted by Crippen LogP contribution is -2.20. The molecule has 0 radical (unpaired) electrons. The van der Waals surface area contributed by atoms with E-state index in [1.54, 1.807) is 0 Å². The summed E-state index contributed by atoms with van der Waals surface area (Å²) in [6.07, 6.45) is 0. The van der Waals surface area contributed by atoms with Crippen molar-refractivity contribution in [2.24, 2.45) is 0 Å². The molecular formula is C9H11N3OS. The van der Waals surface area contributed by atoms with Crippen LogP contribution in [0.25, 0.3) is 0 Å². The quantitative estimate of drug-likeness (QED) is 0.748. The van der Waals surface area contributed by atoms with E-state index in [0.29, 0.717) is 11.6 Å². The topological polar surface area (TPSA) is 54.9 Å². The number of aryl methyl sites for hydroxylation is 2. The molecule has 1 saturated heterocycles. The summed E-state index contributed by atoms with van der Waals surface area (Å²) in [5.74, 6) is 1.27. The molecule has 1 N–H and O–H groups in total. The van der Waals surface area contributed by atoms with Gasteiger partial charge >= 0.3 is 0 Å². The number of thioether (sulfide) groups is 1. The van der Waals surface area contributed by atoms with E-state index in [2.05, 4.69) is 15.3 Å². The van der Waals surface area contributed by atoms with Gasteiger partial charge in [-0.05, 0) is 19.9 Å². The molecule has 0 aromatic carbocycles. The zero-order chi connectivity index (χ0) is 10.1. The van der Waals surface area contributed by atoms with Crippen LogP contribution in [-0.2, 0) is 4.79 Å². The molecule has 0 spiro atoms. The summed E-state index contributed by atoms with van der Waals surface area (Å²) in [5.41, 5.74) is 1.88. The maximum Gasteiger partial charge on any atom is 0.231 e. The highest BCUT2D eigenvalue weighted by molar-refractivity contribution is 8.00. The monoisotopic (exact) mass is 209 g/mol. The Morgan fingerprint density at radius 1 is 1.43 bits per heavy atom. The Morgan fingerprint density at radius 3 is 2.57 bits per heavy atom. The maximum atomic E-state index is 11.0. The van der Waals surface area contributed by atoms with Crippen molar-refractivity contribution in [3.63, 3.8) is 0 Å². The van der Waals surface area contributed by atoms with E-state index in [1.807, 2.05) is 19.9 Å². The molecule has 4 nitrogen and oxygen atoms in total. The highest BCUT2D eigenvalue weighted by atomic mass is 32.2. The van der Waals surface area contributed by atoms with Gasteiger partial charge in [0.05, 0.1) is 5.75 Å². The number of carbonyl (C=O) groups excluding carboxylic acids is 1. The van der Waals surface area contributed by atoms with Crippen molar-refractivity contribution >= 4 is 17.7 Å². The zero-order valence-electron chi connectivity index (χ0n) is 8.07. The summed E-state index contributed by atoms with van der Waals surface area (Å²) in [4.78, 5) is 19.6. The van der Waals surface area contributed by atoms with Crippen LogP contribution in [0, 0.1) is 13.8 Å². The van der Waals surface area contributed by atoms with E-state index in [4.69, 9.17) is 0 Å². The third kappa shape index (κ3) is 1.87. The third-order valence-electron chi connectivity index (χ3n) is 1.91. The normalized spacial score (nSPS) is 21.0. The molecule has 1 aromatic rings. The highest BCUT2D eigenvalue weighted by Crippen LogP contribution is 2.28. The minimum atomic E-state index is -0.0684. The number of carbonyl (C=O) groups is 1. The van der Waals surface area contributed by atoms with Gasteiger partial charge in [-0.25, -0.2) is 9.97 Å². The van der Waals surface area contributed by atoms with Gasteiger partial charge in [0.25, 0.3) is 0 Å². The standard InChI is InChI=1S/C9H11N3OS/c1-5-3-6(2)11-8(10-5)9-12-7(13)4-14-9/h3,9H,4H2,1-2H3,(H,12,13). The van der Waals surface area contributed by atoms with Crippen molar-refractivity contribution in [1.29, 1.82) is 0 Å². The maximum absolute atomic E-state index is 11.0. The van der Waals surface area contributed by atoms with Crippen molar-refractivity contribution in [1.82, 2.24) is 15.3 Å². The molecule has 1 unspecified atom stereocenters. The summed E-state index contributed by atoms with van der Waals surface area (Å²) < 4.78 is 0. The van der Waals surface area contributed by atoms with Gasteiger partial charge in [0.1, 0.15) is 5.37 Å². The van der Waals surface area contributed by atoms with Gasteiger partial charge in [-0.2, -0.15) is 0 Å². The van der Waals surface area contributed by atoms with Crippen LogP contribution in [0.4, 0.5) is 0 Å². The number of nitrogens with zero attached hydrogens (tertiary/aromatic N) is 2. The second-order valence-corrected chi connectivity index (χ2v) is 4.36. The first-order valence-corrected chi connectivity index (χ1v) is 5.43. The Morgan fingerprint density at radius 2 is 2.07 bits per heavy atom. The van der Waals surface area contributed by atoms with Crippen LogP contribution in [0.2, 0.25) is 0 Å². The van der Waals surface area contributed by atoms with Crippen LogP contribution < -0.4 is 5.32 Å². The Kier molecular flexibility index (Phi) is 2.41. The lowest BCUT2D eigenvalue weighted by Gasteiger charge is -2.08. The number of hydrogen-bond donors (Lipinski definition) is 1. The first kappa shape index (κ1) is 9.45. The van der Waals surface area contributed by atoms with Gasteiger partial charge in [0.2, 0.25) is 5.91 Å². The molecule has 74 valence electrons. The van der Waals surface area contributed by atoms with Crippen molar-refractivity contribution < 1.29 is 4.79 Å². The van der Waals surface area contributed by atoms with Crippen molar-refractivity contribution in [3.05, 3.63) is 23.3 Å².